The van der Waals surface area contributed by atoms with Crippen molar-refractivity contribution in [3.8, 4) is 17.2 Å². The molecule has 0 spiro atoms. The maximum atomic E-state index is 12.1. The molecule has 0 aliphatic rings. The molecule has 0 saturated carbocycles. The molecule has 0 aliphatic carbocycles. The van der Waals surface area contributed by atoms with Gasteiger partial charge in [-0.2, -0.15) is 0 Å². The quantitative estimate of drug-likeness (QED) is 0.892. The lowest BCUT2D eigenvalue weighted by Gasteiger charge is -2.11. The van der Waals surface area contributed by atoms with E-state index in [0.29, 0.717) is 17.2 Å². The first kappa shape index (κ1) is 13.7. The lowest BCUT2D eigenvalue weighted by atomic mass is 10.2. The van der Waals surface area contributed by atoms with Gasteiger partial charge in [0.25, 0.3) is 5.91 Å². The molecule has 0 aliphatic heterocycles. The zero-order valence-electron chi connectivity index (χ0n) is 11.1. The molecule has 2 N–H and O–H groups in total. The number of nitrogens with zero attached hydrogens (tertiary/aromatic N) is 1. The van der Waals surface area contributed by atoms with Crippen molar-refractivity contribution in [2.45, 2.75) is 0 Å². The Morgan fingerprint density at radius 2 is 2.05 bits per heavy atom. The molecule has 6 nitrogen and oxygen atoms in total. The summed E-state index contributed by atoms with van der Waals surface area (Å²) in [5.41, 5.74) is 0.374. The summed E-state index contributed by atoms with van der Waals surface area (Å²) in [5.74, 6) is 0.336. The van der Waals surface area contributed by atoms with Gasteiger partial charge in [-0.15, -0.1) is 0 Å². The smallest absolute Gasteiger partial charge is 0.278 e. The van der Waals surface area contributed by atoms with Gasteiger partial charge in [0.15, 0.2) is 5.69 Å². The van der Waals surface area contributed by atoms with E-state index in [9.17, 15) is 9.90 Å². The number of nitrogens with one attached hydrogen (secondary N) is 1. The number of hydrogen-bond acceptors (Lipinski definition) is 5. The van der Waals surface area contributed by atoms with Crippen molar-refractivity contribution >= 4 is 11.6 Å². The highest BCUT2D eigenvalue weighted by Gasteiger charge is 2.15. The zero-order valence-corrected chi connectivity index (χ0v) is 11.1. The number of amides is 1. The van der Waals surface area contributed by atoms with E-state index >= 15 is 0 Å². The third kappa shape index (κ3) is 2.80. The van der Waals surface area contributed by atoms with Crippen LogP contribution >= 0.6 is 0 Å². The molecule has 1 aromatic carbocycles. The Morgan fingerprint density at radius 3 is 2.70 bits per heavy atom. The van der Waals surface area contributed by atoms with Gasteiger partial charge in [0.1, 0.15) is 17.2 Å². The largest absolute Gasteiger partial charge is 0.505 e. The standard InChI is InChI=1S/C14H14N2O4/c1-19-9-5-6-12(20-2)10(8-9)16-14(18)13-11(17)4-3-7-15-13/h3-8,17H,1-2H3,(H,16,18). The number of benzene rings is 1. The third-order valence-electron chi connectivity index (χ3n) is 2.66. The fourth-order valence-corrected chi connectivity index (χ4v) is 1.67. The van der Waals surface area contributed by atoms with Crippen LogP contribution in [0, 0.1) is 0 Å². The van der Waals surface area contributed by atoms with Crippen LogP contribution in [0.1, 0.15) is 10.5 Å². The SMILES string of the molecule is COc1ccc(OC)c(NC(=O)c2ncccc2O)c1. The summed E-state index contributed by atoms with van der Waals surface area (Å²) in [6.07, 6.45) is 1.43. The van der Waals surface area contributed by atoms with Gasteiger partial charge in [-0.3, -0.25) is 4.79 Å². The lowest BCUT2D eigenvalue weighted by Crippen LogP contribution is -2.14. The van der Waals surface area contributed by atoms with Crippen LogP contribution in [0.5, 0.6) is 17.2 Å². The Balaban J connectivity index is 2.29. The van der Waals surface area contributed by atoms with Crippen molar-refractivity contribution in [2.75, 3.05) is 19.5 Å². The minimum Gasteiger partial charge on any atom is -0.505 e. The van der Waals surface area contributed by atoms with E-state index in [4.69, 9.17) is 9.47 Å². The number of carbonyl (C=O) groups is 1. The summed E-state index contributed by atoms with van der Waals surface area (Å²) in [6, 6.07) is 7.94. The second kappa shape index (κ2) is 5.92. The van der Waals surface area contributed by atoms with Gasteiger partial charge in [0.2, 0.25) is 0 Å². The fraction of sp³-hybridized carbons (Fsp3) is 0.143. The number of anilines is 1. The van der Waals surface area contributed by atoms with Crippen molar-refractivity contribution in [2.24, 2.45) is 0 Å². The van der Waals surface area contributed by atoms with Gasteiger partial charge >= 0.3 is 0 Å². The maximum Gasteiger partial charge on any atom is 0.278 e. The predicted octanol–water partition coefficient (Wildman–Crippen LogP) is 2.06. The molecule has 2 rings (SSSR count). The second-order valence-corrected chi connectivity index (χ2v) is 3.89. The minimum absolute atomic E-state index is 0.0580. The van der Waals surface area contributed by atoms with E-state index in [1.54, 1.807) is 18.2 Å². The van der Waals surface area contributed by atoms with E-state index in [0.717, 1.165) is 0 Å². The number of aromatic nitrogens is 1. The Bertz CT molecular complexity index is 628. The van der Waals surface area contributed by atoms with Crippen LogP contribution in [0.25, 0.3) is 0 Å². The number of pyridine rings is 1. The molecule has 1 amide bonds. The first-order chi connectivity index (χ1) is 9.65. The van der Waals surface area contributed by atoms with Gasteiger partial charge < -0.3 is 19.9 Å². The molecule has 0 unspecified atom stereocenters. The highest BCUT2D eigenvalue weighted by Crippen LogP contribution is 2.29. The van der Waals surface area contributed by atoms with Crippen LogP contribution in [0.15, 0.2) is 36.5 Å². The molecule has 0 atom stereocenters. The van der Waals surface area contributed by atoms with Crippen molar-refractivity contribution in [1.82, 2.24) is 4.98 Å². The van der Waals surface area contributed by atoms with Crippen molar-refractivity contribution in [3.05, 3.63) is 42.2 Å². The van der Waals surface area contributed by atoms with Gasteiger partial charge in [0, 0.05) is 12.3 Å². The molecule has 1 heterocycles. The first-order valence-electron chi connectivity index (χ1n) is 5.83. The highest BCUT2D eigenvalue weighted by molar-refractivity contribution is 6.05. The average molecular weight is 274 g/mol. The van der Waals surface area contributed by atoms with Gasteiger partial charge in [-0.05, 0) is 24.3 Å². The summed E-state index contributed by atoms with van der Waals surface area (Å²) >= 11 is 0. The molecule has 0 radical (unpaired) electrons. The normalized spacial score (nSPS) is 9.90. The topological polar surface area (TPSA) is 80.7 Å². The van der Waals surface area contributed by atoms with Crippen LogP contribution < -0.4 is 14.8 Å². The molecular formula is C14H14N2O4. The summed E-state index contributed by atoms with van der Waals surface area (Å²) < 4.78 is 10.3. The fourth-order valence-electron chi connectivity index (χ4n) is 1.67. The van der Waals surface area contributed by atoms with Crippen molar-refractivity contribution in [1.29, 1.82) is 0 Å². The second-order valence-electron chi connectivity index (χ2n) is 3.89. The number of methoxy groups -OCH3 is 2. The van der Waals surface area contributed by atoms with Crippen LogP contribution in [0.4, 0.5) is 5.69 Å². The molecule has 104 valence electrons. The molecular weight excluding hydrogens is 260 g/mol. The Kier molecular flexibility index (Phi) is 4.05. The number of rotatable bonds is 4. The predicted molar refractivity (Wildman–Crippen MR) is 73.4 cm³/mol. The monoisotopic (exact) mass is 274 g/mol. The van der Waals surface area contributed by atoms with Crippen molar-refractivity contribution in [3.63, 3.8) is 0 Å². The van der Waals surface area contributed by atoms with E-state index in [1.165, 1.54) is 32.5 Å². The van der Waals surface area contributed by atoms with Gasteiger partial charge in [0.05, 0.1) is 19.9 Å². The van der Waals surface area contributed by atoms with E-state index in [-0.39, 0.29) is 11.4 Å². The van der Waals surface area contributed by atoms with E-state index < -0.39 is 5.91 Å². The summed E-state index contributed by atoms with van der Waals surface area (Å²) in [7, 11) is 3.02. The Labute approximate surface area is 116 Å². The minimum atomic E-state index is -0.533. The number of hydrogen-bond donors (Lipinski definition) is 2. The molecule has 2 aromatic rings. The third-order valence-corrected chi connectivity index (χ3v) is 2.66. The number of ether oxygens (including phenoxy) is 2. The number of carbonyl (C=O) groups excluding carboxylic acids is 1. The summed E-state index contributed by atoms with van der Waals surface area (Å²) in [6.45, 7) is 0. The number of aromatic hydroxyl groups is 1. The first-order valence-corrected chi connectivity index (χ1v) is 5.83. The molecule has 0 saturated heterocycles. The van der Waals surface area contributed by atoms with E-state index in [1.807, 2.05) is 0 Å². The molecule has 0 bridgehead atoms. The molecule has 6 heteroatoms. The van der Waals surface area contributed by atoms with Crippen LogP contribution in [-0.4, -0.2) is 30.2 Å². The highest BCUT2D eigenvalue weighted by atomic mass is 16.5. The van der Waals surface area contributed by atoms with Gasteiger partial charge in [-0.25, -0.2) is 4.98 Å². The maximum absolute atomic E-state index is 12.1. The summed E-state index contributed by atoms with van der Waals surface area (Å²) in [4.78, 5) is 15.9. The molecule has 0 fully saturated rings. The van der Waals surface area contributed by atoms with Crippen LogP contribution in [0.2, 0.25) is 0 Å². The molecule has 1 aromatic heterocycles. The van der Waals surface area contributed by atoms with Crippen molar-refractivity contribution < 1.29 is 19.4 Å². The zero-order chi connectivity index (χ0) is 14.5. The average Bonchev–Trinajstić information content (AvgIpc) is 2.47. The van der Waals surface area contributed by atoms with Gasteiger partial charge in [-0.1, -0.05) is 0 Å². The van der Waals surface area contributed by atoms with Crippen LogP contribution in [0.3, 0.4) is 0 Å². The molecule has 20 heavy (non-hydrogen) atoms. The van der Waals surface area contributed by atoms with Crippen LogP contribution in [-0.2, 0) is 0 Å². The van der Waals surface area contributed by atoms with E-state index in [2.05, 4.69) is 10.3 Å². The Morgan fingerprint density at radius 1 is 1.25 bits per heavy atom. The summed E-state index contributed by atoms with van der Waals surface area (Å²) in [5, 5.41) is 12.2. The Hall–Kier alpha value is -2.76. The lowest BCUT2D eigenvalue weighted by molar-refractivity contribution is 0.101.